The second kappa shape index (κ2) is 4.90. The molecule has 0 unspecified atom stereocenters. The molecule has 0 aliphatic rings. The highest BCUT2D eigenvalue weighted by Crippen LogP contribution is 2.36. The molecule has 21 heavy (non-hydrogen) atoms. The minimum Gasteiger partial charge on any atom is -0.451 e. The highest BCUT2D eigenvalue weighted by atomic mass is 32.2. The number of hydrogen-bond donors (Lipinski definition) is 0. The van der Waals surface area contributed by atoms with Crippen LogP contribution in [-0.4, -0.2) is 9.97 Å². The highest BCUT2D eigenvalue weighted by molar-refractivity contribution is 7.99. The van der Waals surface area contributed by atoms with Crippen molar-refractivity contribution in [3.8, 4) is 0 Å². The van der Waals surface area contributed by atoms with E-state index in [-0.39, 0.29) is 0 Å². The van der Waals surface area contributed by atoms with Gasteiger partial charge in [-0.15, -0.1) is 0 Å². The molecule has 3 nitrogen and oxygen atoms in total. The first-order chi connectivity index (χ1) is 10.3. The smallest absolute Gasteiger partial charge is 0.186 e. The van der Waals surface area contributed by atoms with E-state index in [0.29, 0.717) is 0 Å². The highest BCUT2D eigenvalue weighted by Gasteiger charge is 2.15. The van der Waals surface area contributed by atoms with Gasteiger partial charge in [-0.05, 0) is 31.2 Å². The summed E-state index contributed by atoms with van der Waals surface area (Å²) >= 11 is 1.60. The Labute approximate surface area is 126 Å². The quantitative estimate of drug-likeness (QED) is 0.496. The topological polar surface area (TPSA) is 38.9 Å². The molecule has 2 heterocycles. The second-order valence-corrected chi connectivity index (χ2v) is 5.83. The third-order valence-electron chi connectivity index (χ3n) is 3.26. The average Bonchev–Trinajstić information content (AvgIpc) is 2.87. The number of para-hydroxylation sites is 1. The van der Waals surface area contributed by atoms with E-state index >= 15 is 0 Å². The fourth-order valence-electron chi connectivity index (χ4n) is 2.34. The molecule has 0 saturated carbocycles. The van der Waals surface area contributed by atoms with Gasteiger partial charge < -0.3 is 4.42 Å². The molecule has 0 N–H and O–H groups in total. The molecule has 0 radical (unpaired) electrons. The number of furan rings is 1. The minimum atomic E-state index is 0.757. The van der Waals surface area contributed by atoms with Crippen LogP contribution in [0.3, 0.4) is 0 Å². The maximum absolute atomic E-state index is 5.96. The zero-order valence-corrected chi connectivity index (χ0v) is 12.2. The number of rotatable bonds is 2. The first kappa shape index (κ1) is 12.4. The number of aryl methyl sites for hydroxylation is 1. The van der Waals surface area contributed by atoms with Gasteiger partial charge >= 0.3 is 0 Å². The summed E-state index contributed by atoms with van der Waals surface area (Å²) in [6.07, 6.45) is 0. The zero-order valence-electron chi connectivity index (χ0n) is 11.4. The molecule has 102 valence electrons. The van der Waals surface area contributed by atoms with Gasteiger partial charge in [0.2, 0.25) is 0 Å². The minimum absolute atomic E-state index is 0.757. The largest absolute Gasteiger partial charge is 0.451 e. The molecule has 0 spiro atoms. The Bertz CT molecular complexity index is 931. The molecule has 0 aliphatic carbocycles. The maximum atomic E-state index is 5.96. The number of fused-ring (bicyclic) bond motifs is 3. The summed E-state index contributed by atoms with van der Waals surface area (Å²) in [7, 11) is 0. The van der Waals surface area contributed by atoms with Crippen LogP contribution in [0.4, 0.5) is 0 Å². The van der Waals surface area contributed by atoms with Gasteiger partial charge in [0.1, 0.15) is 22.0 Å². The van der Waals surface area contributed by atoms with Crippen LogP contribution in [0, 0.1) is 6.92 Å². The number of nitrogens with zero attached hydrogens (tertiary/aromatic N) is 2. The van der Waals surface area contributed by atoms with Crippen molar-refractivity contribution in [2.45, 2.75) is 16.8 Å². The lowest BCUT2D eigenvalue weighted by Gasteiger charge is -2.02. The number of benzene rings is 2. The van der Waals surface area contributed by atoms with Gasteiger partial charge in [-0.1, -0.05) is 42.1 Å². The Morgan fingerprint density at radius 3 is 2.52 bits per heavy atom. The van der Waals surface area contributed by atoms with E-state index in [1.165, 1.54) is 0 Å². The Hall–Kier alpha value is -2.33. The van der Waals surface area contributed by atoms with Crippen molar-refractivity contribution in [1.29, 1.82) is 0 Å². The number of aromatic nitrogens is 2. The van der Waals surface area contributed by atoms with Gasteiger partial charge in [0, 0.05) is 10.3 Å². The first-order valence-electron chi connectivity index (χ1n) is 6.70. The van der Waals surface area contributed by atoms with E-state index in [9.17, 15) is 0 Å². The molecule has 0 bridgehead atoms. The zero-order chi connectivity index (χ0) is 14.2. The summed E-state index contributed by atoms with van der Waals surface area (Å²) in [6, 6.07) is 18.1. The van der Waals surface area contributed by atoms with E-state index < -0.39 is 0 Å². The number of hydrogen-bond acceptors (Lipinski definition) is 4. The monoisotopic (exact) mass is 292 g/mol. The van der Waals surface area contributed by atoms with Crippen molar-refractivity contribution in [2.75, 3.05) is 0 Å². The molecular formula is C17H12N2OS. The van der Waals surface area contributed by atoms with Crippen molar-refractivity contribution >= 4 is 33.8 Å². The first-order valence-corrected chi connectivity index (χ1v) is 7.52. The van der Waals surface area contributed by atoms with Crippen molar-refractivity contribution in [3.63, 3.8) is 0 Å². The second-order valence-electron chi connectivity index (χ2n) is 4.77. The Kier molecular flexibility index (Phi) is 2.89. The van der Waals surface area contributed by atoms with Gasteiger partial charge in [0.05, 0.1) is 0 Å². The molecule has 0 aliphatic heterocycles. The van der Waals surface area contributed by atoms with Crippen molar-refractivity contribution in [1.82, 2.24) is 9.97 Å². The lowest BCUT2D eigenvalue weighted by atomic mass is 10.2. The van der Waals surface area contributed by atoms with E-state index in [1.54, 1.807) is 11.8 Å². The van der Waals surface area contributed by atoms with E-state index in [4.69, 9.17) is 4.42 Å². The third-order valence-corrected chi connectivity index (χ3v) is 4.24. The Morgan fingerprint density at radius 1 is 0.905 bits per heavy atom. The summed E-state index contributed by atoms with van der Waals surface area (Å²) in [5.74, 6) is 0.757. The van der Waals surface area contributed by atoms with Gasteiger partial charge in [0.15, 0.2) is 5.58 Å². The van der Waals surface area contributed by atoms with Gasteiger partial charge in [-0.25, -0.2) is 9.97 Å². The van der Waals surface area contributed by atoms with Crippen LogP contribution in [0.15, 0.2) is 68.9 Å². The summed E-state index contributed by atoms with van der Waals surface area (Å²) in [5.41, 5.74) is 2.49. The van der Waals surface area contributed by atoms with E-state index in [2.05, 4.69) is 22.1 Å². The molecule has 2 aromatic heterocycles. The van der Waals surface area contributed by atoms with Crippen molar-refractivity contribution < 1.29 is 4.42 Å². The normalized spacial score (nSPS) is 11.3. The fourth-order valence-corrected chi connectivity index (χ4v) is 3.27. The van der Waals surface area contributed by atoms with Crippen LogP contribution < -0.4 is 0 Å². The molecule has 0 amide bonds. The molecule has 0 atom stereocenters. The van der Waals surface area contributed by atoms with Crippen LogP contribution in [0.2, 0.25) is 0 Å². The predicted octanol–water partition coefficient (Wildman–Crippen LogP) is 4.84. The van der Waals surface area contributed by atoms with Gasteiger partial charge in [-0.3, -0.25) is 0 Å². The summed E-state index contributed by atoms with van der Waals surface area (Å²) in [4.78, 5) is 10.2. The Balaban J connectivity index is 1.96. The predicted molar refractivity (Wildman–Crippen MR) is 84.6 cm³/mol. The molecule has 0 fully saturated rings. The van der Waals surface area contributed by atoms with Crippen LogP contribution in [0.25, 0.3) is 22.1 Å². The molecular weight excluding hydrogens is 280 g/mol. The molecule has 4 aromatic rings. The van der Waals surface area contributed by atoms with Gasteiger partial charge in [-0.2, -0.15) is 0 Å². The standard InChI is InChI=1S/C17H12N2OS/c1-11-18-15-13-9-5-6-10-14(13)20-16(15)17(19-11)21-12-7-3-2-4-8-12/h2-10H,1H3. The van der Waals surface area contributed by atoms with Gasteiger partial charge in [0.25, 0.3) is 0 Å². The maximum Gasteiger partial charge on any atom is 0.186 e. The summed E-state index contributed by atoms with van der Waals surface area (Å²) in [5, 5.41) is 1.90. The fraction of sp³-hybridized carbons (Fsp3) is 0.0588. The molecule has 4 heteroatoms. The van der Waals surface area contributed by atoms with Crippen LogP contribution in [0.1, 0.15) is 5.82 Å². The summed E-state index contributed by atoms with van der Waals surface area (Å²) < 4.78 is 5.96. The lowest BCUT2D eigenvalue weighted by Crippen LogP contribution is -1.90. The molecule has 0 saturated heterocycles. The lowest BCUT2D eigenvalue weighted by molar-refractivity contribution is 0.652. The average molecular weight is 292 g/mol. The van der Waals surface area contributed by atoms with E-state index in [1.807, 2.05) is 49.4 Å². The van der Waals surface area contributed by atoms with E-state index in [0.717, 1.165) is 37.8 Å². The molecule has 2 aromatic carbocycles. The van der Waals surface area contributed by atoms with Crippen molar-refractivity contribution in [3.05, 3.63) is 60.4 Å². The Morgan fingerprint density at radius 2 is 1.67 bits per heavy atom. The van der Waals surface area contributed by atoms with Crippen LogP contribution in [-0.2, 0) is 0 Å². The SMILES string of the molecule is Cc1nc(Sc2ccccc2)c2oc3ccccc3c2n1. The summed E-state index contributed by atoms with van der Waals surface area (Å²) in [6.45, 7) is 1.91. The third kappa shape index (κ3) is 2.17. The molecule has 4 rings (SSSR count). The van der Waals surface area contributed by atoms with Crippen molar-refractivity contribution in [2.24, 2.45) is 0 Å². The van der Waals surface area contributed by atoms with Crippen LogP contribution >= 0.6 is 11.8 Å². The van der Waals surface area contributed by atoms with Crippen LogP contribution in [0.5, 0.6) is 0 Å².